The monoisotopic (exact) mass is 806 g/mol. The van der Waals surface area contributed by atoms with Crippen molar-refractivity contribution in [1.82, 2.24) is 19.5 Å². The van der Waals surface area contributed by atoms with Crippen molar-refractivity contribution >= 4 is 65.7 Å². The van der Waals surface area contributed by atoms with Crippen LogP contribution in [0.25, 0.3) is 128 Å². The lowest BCUT2D eigenvalue weighted by Gasteiger charge is -2.15. The molecule has 0 saturated carbocycles. The molecule has 0 unspecified atom stereocenters. The Bertz CT molecular complexity index is 3880. The van der Waals surface area contributed by atoms with E-state index in [0.29, 0.717) is 17.5 Å². The molecule has 0 saturated heterocycles. The number of fused-ring (bicyclic) bond motifs is 9. The Morgan fingerprint density at radius 1 is 0.302 bits per heavy atom. The average molecular weight is 807 g/mol. The number of aromatic nitrogens is 4. The van der Waals surface area contributed by atoms with Gasteiger partial charge in [-0.15, -0.1) is 0 Å². The molecule has 0 bridgehead atoms. The third-order valence-corrected chi connectivity index (χ3v) is 12.3. The van der Waals surface area contributed by atoms with Crippen LogP contribution in [0.5, 0.6) is 0 Å². The molecule has 4 aromatic heterocycles. The summed E-state index contributed by atoms with van der Waals surface area (Å²) < 4.78 is 15.4. The highest BCUT2D eigenvalue weighted by Gasteiger charge is 2.22. The Morgan fingerprint density at radius 3 is 1.59 bits per heavy atom. The van der Waals surface area contributed by atoms with Gasteiger partial charge >= 0.3 is 0 Å². The Hall–Kier alpha value is -8.61. The van der Waals surface area contributed by atoms with Gasteiger partial charge in [-0.25, -0.2) is 15.0 Å². The first-order valence-electron chi connectivity index (χ1n) is 21.1. The molecule has 13 rings (SSSR count). The van der Waals surface area contributed by atoms with Crippen LogP contribution in [0.2, 0.25) is 0 Å². The largest absolute Gasteiger partial charge is 0.456 e. The lowest BCUT2D eigenvalue weighted by atomic mass is 9.96. The number of benzene rings is 9. The third kappa shape index (κ3) is 5.69. The molecular weight excluding hydrogens is 773 g/mol. The molecular formula is C57H34N4O2. The maximum Gasteiger partial charge on any atom is 0.164 e. The van der Waals surface area contributed by atoms with E-state index in [2.05, 4.69) is 156 Å². The Balaban J connectivity index is 1.07. The normalized spacial score (nSPS) is 11.8. The van der Waals surface area contributed by atoms with Crippen LogP contribution in [-0.2, 0) is 0 Å². The summed E-state index contributed by atoms with van der Waals surface area (Å²) in [6.45, 7) is 0. The van der Waals surface area contributed by atoms with Crippen LogP contribution < -0.4 is 0 Å². The van der Waals surface area contributed by atoms with Crippen LogP contribution in [0.1, 0.15) is 0 Å². The zero-order valence-corrected chi connectivity index (χ0v) is 33.7. The van der Waals surface area contributed by atoms with Gasteiger partial charge in [-0.3, -0.25) is 0 Å². The first-order valence-corrected chi connectivity index (χ1v) is 21.1. The molecule has 63 heavy (non-hydrogen) atoms. The lowest BCUT2D eigenvalue weighted by Crippen LogP contribution is -2.01. The number of nitrogens with zero attached hydrogens (tertiary/aromatic N) is 4. The third-order valence-electron chi connectivity index (χ3n) is 12.3. The standard InChI is InChI=1S/C57H34N4O2/c1-2-15-35(16-3-1)36-17-14-18-37(31-36)55-58-56(38-29-30-53-46(32-38)43-22-8-12-27-51(43)62-53)60-57(59-55)45-24-5-4-19-40(45)47-33-39(34-48-44-23-9-13-28-52(44)63-54(47)48)61-49-25-10-6-20-41(49)42-21-7-11-26-50(42)61/h1-34H. The van der Waals surface area contributed by atoms with Crippen LogP contribution in [0.15, 0.2) is 215 Å². The van der Waals surface area contributed by atoms with Crippen molar-refractivity contribution in [2.75, 3.05) is 0 Å². The van der Waals surface area contributed by atoms with E-state index in [-0.39, 0.29) is 0 Å². The number of furan rings is 2. The smallest absolute Gasteiger partial charge is 0.164 e. The van der Waals surface area contributed by atoms with Gasteiger partial charge in [-0.1, -0.05) is 146 Å². The minimum atomic E-state index is 0.555. The number of rotatable bonds is 6. The van der Waals surface area contributed by atoms with Crippen molar-refractivity contribution in [2.24, 2.45) is 0 Å². The molecule has 9 aromatic carbocycles. The van der Waals surface area contributed by atoms with Crippen LogP contribution in [0.4, 0.5) is 0 Å². The quantitative estimate of drug-likeness (QED) is 0.167. The first kappa shape index (κ1) is 35.2. The summed E-state index contributed by atoms with van der Waals surface area (Å²) in [7, 11) is 0. The van der Waals surface area contributed by atoms with E-state index in [1.807, 2.05) is 54.6 Å². The first-order chi connectivity index (χ1) is 31.2. The van der Waals surface area contributed by atoms with Gasteiger partial charge in [-0.05, 0) is 77.4 Å². The van der Waals surface area contributed by atoms with Crippen LogP contribution in [0.3, 0.4) is 0 Å². The van der Waals surface area contributed by atoms with Gasteiger partial charge in [0, 0.05) is 60.3 Å². The van der Waals surface area contributed by atoms with E-state index in [1.54, 1.807) is 0 Å². The number of hydrogen-bond acceptors (Lipinski definition) is 5. The summed E-state index contributed by atoms with van der Waals surface area (Å²) >= 11 is 0. The molecule has 0 amide bonds. The summed E-state index contributed by atoms with van der Waals surface area (Å²) in [5, 5.41) is 6.55. The lowest BCUT2D eigenvalue weighted by molar-refractivity contribution is 0.669. The average Bonchev–Trinajstić information content (AvgIpc) is 4.03. The maximum atomic E-state index is 6.81. The highest BCUT2D eigenvalue weighted by atomic mass is 16.3. The Kier molecular flexibility index (Phi) is 7.80. The van der Waals surface area contributed by atoms with Crippen molar-refractivity contribution < 1.29 is 8.83 Å². The number of hydrogen-bond donors (Lipinski definition) is 0. The van der Waals surface area contributed by atoms with E-state index in [0.717, 1.165) is 99.5 Å². The summed E-state index contributed by atoms with van der Waals surface area (Å²) in [5.74, 6) is 1.70. The van der Waals surface area contributed by atoms with Gasteiger partial charge in [0.15, 0.2) is 17.5 Å². The van der Waals surface area contributed by atoms with Crippen molar-refractivity contribution in [3.63, 3.8) is 0 Å². The zero-order valence-electron chi connectivity index (χ0n) is 33.7. The predicted octanol–water partition coefficient (Wildman–Crippen LogP) is 15.1. The highest BCUT2D eigenvalue weighted by Crippen LogP contribution is 2.43. The van der Waals surface area contributed by atoms with Crippen LogP contribution in [-0.4, -0.2) is 19.5 Å². The van der Waals surface area contributed by atoms with Gasteiger partial charge in [0.2, 0.25) is 0 Å². The molecule has 6 heteroatoms. The van der Waals surface area contributed by atoms with Gasteiger partial charge in [0.05, 0.1) is 11.0 Å². The summed E-state index contributed by atoms with van der Waals surface area (Å²) in [6.07, 6.45) is 0. The minimum Gasteiger partial charge on any atom is -0.456 e. The molecule has 13 aromatic rings. The van der Waals surface area contributed by atoms with E-state index >= 15 is 0 Å². The van der Waals surface area contributed by atoms with Gasteiger partial charge in [-0.2, -0.15) is 0 Å². The van der Waals surface area contributed by atoms with Gasteiger partial charge in [0.1, 0.15) is 22.3 Å². The molecule has 6 nitrogen and oxygen atoms in total. The molecule has 4 heterocycles. The molecule has 0 radical (unpaired) electrons. The summed E-state index contributed by atoms with van der Waals surface area (Å²) in [6, 6.07) is 71.5. The zero-order chi connectivity index (χ0) is 41.4. The molecule has 294 valence electrons. The van der Waals surface area contributed by atoms with Gasteiger partial charge in [0.25, 0.3) is 0 Å². The topological polar surface area (TPSA) is 69.9 Å². The van der Waals surface area contributed by atoms with Crippen LogP contribution in [0, 0.1) is 0 Å². The van der Waals surface area contributed by atoms with Crippen LogP contribution >= 0.6 is 0 Å². The van der Waals surface area contributed by atoms with Gasteiger partial charge < -0.3 is 13.4 Å². The summed E-state index contributed by atoms with van der Waals surface area (Å²) in [5.41, 5.74) is 13.3. The van der Waals surface area contributed by atoms with Crippen molar-refractivity contribution in [3.05, 3.63) is 206 Å². The molecule has 0 N–H and O–H groups in total. The fraction of sp³-hybridized carbons (Fsp3) is 0. The summed E-state index contributed by atoms with van der Waals surface area (Å²) in [4.78, 5) is 15.9. The van der Waals surface area contributed by atoms with E-state index in [1.165, 1.54) is 10.8 Å². The predicted molar refractivity (Wildman–Crippen MR) is 256 cm³/mol. The molecule has 0 aliphatic rings. The van der Waals surface area contributed by atoms with Crippen molar-refractivity contribution in [3.8, 4) is 62.1 Å². The van der Waals surface area contributed by atoms with E-state index < -0.39 is 0 Å². The highest BCUT2D eigenvalue weighted by molar-refractivity contribution is 6.14. The maximum absolute atomic E-state index is 6.81. The molecule has 0 aliphatic carbocycles. The van der Waals surface area contributed by atoms with Crippen molar-refractivity contribution in [1.29, 1.82) is 0 Å². The number of para-hydroxylation sites is 4. The second-order valence-corrected chi connectivity index (χ2v) is 15.9. The van der Waals surface area contributed by atoms with E-state index in [9.17, 15) is 0 Å². The Morgan fingerprint density at radius 2 is 0.841 bits per heavy atom. The van der Waals surface area contributed by atoms with Crippen molar-refractivity contribution in [2.45, 2.75) is 0 Å². The SMILES string of the molecule is c1ccc(-c2cccc(-c3nc(-c4ccc5oc6ccccc6c5c4)nc(-c4ccccc4-c4cc(-n5c6ccccc6c6ccccc65)cc5c4oc4ccccc45)n3)c2)cc1. The molecule has 0 atom stereocenters. The fourth-order valence-corrected chi connectivity index (χ4v) is 9.34. The molecule has 0 fully saturated rings. The molecule has 0 spiro atoms. The minimum absolute atomic E-state index is 0.555. The fourth-order valence-electron chi connectivity index (χ4n) is 9.34. The second kappa shape index (κ2) is 14.0. The van der Waals surface area contributed by atoms with E-state index in [4.69, 9.17) is 23.8 Å². The second-order valence-electron chi connectivity index (χ2n) is 15.9. The Labute approximate surface area is 361 Å². The molecule has 0 aliphatic heterocycles.